The van der Waals surface area contributed by atoms with Crippen LogP contribution in [0, 0.1) is 16.7 Å². The second-order valence-corrected chi connectivity index (χ2v) is 6.04. The van der Waals surface area contributed by atoms with E-state index in [1.807, 2.05) is 13.8 Å². The zero-order chi connectivity index (χ0) is 15.2. The summed E-state index contributed by atoms with van der Waals surface area (Å²) in [7, 11) is 0. The highest BCUT2D eigenvalue weighted by atomic mass is 79.9. The normalized spacial score (nSPS) is 10.9. The molecule has 0 fully saturated rings. The summed E-state index contributed by atoms with van der Waals surface area (Å²) in [5.74, 6) is -0.248. The van der Waals surface area contributed by atoms with Crippen molar-refractivity contribution in [2.24, 2.45) is 5.41 Å². The predicted molar refractivity (Wildman–Crippen MR) is 85.6 cm³/mol. The standard InChI is InChI=1S/C15H18BrClN2O/c1-3-7-15(10-18,8-4-2)14(20)19-11-5-6-12(16)13(17)9-11/h5-6,9H,3-4,7-8H2,1-2H3,(H,19,20). The van der Waals surface area contributed by atoms with Crippen LogP contribution in [0.25, 0.3) is 0 Å². The summed E-state index contributed by atoms with van der Waals surface area (Å²) in [6.45, 7) is 3.96. The van der Waals surface area contributed by atoms with Crippen LogP contribution in [0.2, 0.25) is 5.02 Å². The molecule has 1 rings (SSSR count). The lowest BCUT2D eigenvalue weighted by molar-refractivity contribution is -0.123. The number of nitrogens with one attached hydrogen (secondary N) is 1. The third-order valence-electron chi connectivity index (χ3n) is 3.18. The Balaban J connectivity index is 2.96. The van der Waals surface area contributed by atoms with Gasteiger partial charge in [-0.25, -0.2) is 0 Å². The Morgan fingerprint density at radius 2 is 2.00 bits per heavy atom. The molecule has 0 heterocycles. The Morgan fingerprint density at radius 1 is 1.40 bits per heavy atom. The molecule has 0 radical (unpaired) electrons. The molecule has 0 unspecified atom stereocenters. The largest absolute Gasteiger partial charge is 0.325 e. The zero-order valence-corrected chi connectivity index (χ0v) is 14.0. The highest BCUT2D eigenvalue weighted by Gasteiger charge is 2.36. The van der Waals surface area contributed by atoms with Gasteiger partial charge in [0, 0.05) is 10.2 Å². The summed E-state index contributed by atoms with van der Waals surface area (Å²) >= 11 is 9.31. The SMILES string of the molecule is CCCC(C#N)(CCC)C(=O)Nc1ccc(Br)c(Cl)c1. The third-order valence-corrected chi connectivity index (χ3v) is 4.41. The summed E-state index contributed by atoms with van der Waals surface area (Å²) in [4.78, 5) is 12.5. The van der Waals surface area contributed by atoms with E-state index in [1.165, 1.54) is 0 Å². The first-order valence-electron chi connectivity index (χ1n) is 6.67. The first-order chi connectivity index (χ1) is 9.49. The zero-order valence-electron chi connectivity index (χ0n) is 11.7. The number of rotatable bonds is 6. The summed E-state index contributed by atoms with van der Waals surface area (Å²) in [6.07, 6.45) is 2.71. The fourth-order valence-corrected chi connectivity index (χ4v) is 2.62. The molecule has 0 aromatic heterocycles. The van der Waals surface area contributed by atoms with Crippen LogP contribution >= 0.6 is 27.5 Å². The lowest BCUT2D eigenvalue weighted by atomic mass is 9.79. The van der Waals surface area contributed by atoms with Crippen molar-refractivity contribution in [3.63, 3.8) is 0 Å². The van der Waals surface area contributed by atoms with E-state index >= 15 is 0 Å². The van der Waals surface area contributed by atoms with Gasteiger partial charge in [-0.15, -0.1) is 0 Å². The van der Waals surface area contributed by atoms with Crippen molar-refractivity contribution in [2.45, 2.75) is 39.5 Å². The Morgan fingerprint density at radius 3 is 2.45 bits per heavy atom. The molecule has 0 atom stereocenters. The minimum absolute atomic E-state index is 0.248. The van der Waals surface area contributed by atoms with Crippen LogP contribution in [-0.4, -0.2) is 5.91 Å². The average molecular weight is 358 g/mol. The molecule has 0 aliphatic carbocycles. The lowest BCUT2D eigenvalue weighted by Crippen LogP contribution is -2.35. The fraction of sp³-hybridized carbons (Fsp3) is 0.467. The average Bonchev–Trinajstić information content (AvgIpc) is 2.42. The van der Waals surface area contributed by atoms with E-state index in [0.29, 0.717) is 23.6 Å². The Labute approximate surface area is 133 Å². The van der Waals surface area contributed by atoms with Crippen molar-refractivity contribution in [3.05, 3.63) is 27.7 Å². The first kappa shape index (κ1) is 17.0. The van der Waals surface area contributed by atoms with Crippen LogP contribution in [0.3, 0.4) is 0 Å². The van der Waals surface area contributed by atoms with Gasteiger partial charge in [0.1, 0.15) is 5.41 Å². The number of hydrogen-bond acceptors (Lipinski definition) is 2. The van der Waals surface area contributed by atoms with Crippen LogP contribution in [0.4, 0.5) is 5.69 Å². The van der Waals surface area contributed by atoms with Crippen molar-refractivity contribution in [1.82, 2.24) is 0 Å². The third kappa shape index (κ3) is 3.97. The van der Waals surface area contributed by atoms with E-state index in [0.717, 1.165) is 17.3 Å². The number of nitriles is 1. The van der Waals surface area contributed by atoms with Gasteiger partial charge in [-0.1, -0.05) is 38.3 Å². The molecule has 1 aromatic carbocycles. The molecule has 0 spiro atoms. The molecule has 0 saturated heterocycles. The minimum atomic E-state index is -0.955. The second kappa shape index (κ2) is 7.66. The highest BCUT2D eigenvalue weighted by Crippen LogP contribution is 2.32. The van der Waals surface area contributed by atoms with Gasteiger partial charge in [0.25, 0.3) is 0 Å². The van der Waals surface area contributed by atoms with Crippen LogP contribution < -0.4 is 5.32 Å². The summed E-state index contributed by atoms with van der Waals surface area (Å²) < 4.78 is 0.769. The van der Waals surface area contributed by atoms with Gasteiger partial charge in [0.2, 0.25) is 5.91 Å². The van der Waals surface area contributed by atoms with E-state index in [2.05, 4.69) is 27.3 Å². The van der Waals surface area contributed by atoms with Gasteiger partial charge in [0.15, 0.2) is 0 Å². The van der Waals surface area contributed by atoms with Crippen molar-refractivity contribution in [1.29, 1.82) is 5.26 Å². The van der Waals surface area contributed by atoms with E-state index in [1.54, 1.807) is 18.2 Å². The molecule has 0 aliphatic rings. The van der Waals surface area contributed by atoms with Crippen LogP contribution in [0.5, 0.6) is 0 Å². The van der Waals surface area contributed by atoms with E-state index in [-0.39, 0.29) is 5.91 Å². The number of amides is 1. The monoisotopic (exact) mass is 356 g/mol. The van der Waals surface area contributed by atoms with E-state index in [4.69, 9.17) is 11.6 Å². The Kier molecular flexibility index (Phi) is 6.51. The number of nitrogens with zero attached hydrogens (tertiary/aromatic N) is 1. The molecule has 1 N–H and O–H groups in total. The van der Waals surface area contributed by atoms with Gasteiger partial charge >= 0.3 is 0 Å². The molecule has 1 aromatic rings. The van der Waals surface area contributed by atoms with Crippen molar-refractivity contribution in [2.75, 3.05) is 5.32 Å². The number of hydrogen-bond donors (Lipinski definition) is 1. The van der Waals surface area contributed by atoms with E-state index < -0.39 is 5.41 Å². The smallest absolute Gasteiger partial charge is 0.244 e. The topological polar surface area (TPSA) is 52.9 Å². The van der Waals surface area contributed by atoms with Crippen LogP contribution in [0.15, 0.2) is 22.7 Å². The maximum absolute atomic E-state index is 12.5. The Hall–Kier alpha value is -1.05. The number of halogens is 2. The lowest BCUT2D eigenvalue weighted by Gasteiger charge is -2.24. The van der Waals surface area contributed by atoms with Crippen molar-refractivity contribution in [3.8, 4) is 6.07 Å². The van der Waals surface area contributed by atoms with Crippen LogP contribution in [-0.2, 0) is 4.79 Å². The van der Waals surface area contributed by atoms with E-state index in [9.17, 15) is 10.1 Å². The predicted octanol–water partition coefficient (Wildman–Crippen LogP) is 5.15. The summed E-state index contributed by atoms with van der Waals surface area (Å²) in [5, 5.41) is 12.8. The molecular weight excluding hydrogens is 340 g/mol. The molecular formula is C15H18BrClN2O. The summed E-state index contributed by atoms with van der Waals surface area (Å²) in [5.41, 5.74) is -0.349. The molecule has 3 nitrogen and oxygen atoms in total. The van der Waals surface area contributed by atoms with Gasteiger partial charge in [-0.2, -0.15) is 5.26 Å². The second-order valence-electron chi connectivity index (χ2n) is 4.78. The van der Waals surface area contributed by atoms with Gasteiger partial charge in [-0.05, 0) is 47.0 Å². The van der Waals surface area contributed by atoms with Crippen LogP contribution in [0.1, 0.15) is 39.5 Å². The van der Waals surface area contributed by atoms with Gasteiger partial charge in [0.05, 0.1) is 11.1 Å². The van der Waals surface area contributed by atoms with Gasteiger partial charge < -0.3 is 5.32 Å². The maximum Gasteiger partial charge on any atom is 0.244 e. The molecule has 0 saturated carbocycles. The molecule has 20 heavy (non-hydrogen) atoms. The van der Waals surface area contributed by atoms with Crippen molar-refractivity contribution < 1.29 is 4.79 Å². The Bertz CT molecular complexity index is 519. The minimum Gasteiger partial charge on any atom is -0.325 e. The number of benzene rings is 1. The molecule has 1 amide bonds. The first-order valence-corrected chi connectivity index (χ1v) is 7.84. The van der Waals surface area contributed by atoms with Crippen molar-refractivity contribution >= 4 is 39.1 Å². The number of anilines is 1. The quantitative estimate of drug-likeness (QED) is 0.765. The number of carbonyl (C=O) groups excluding carboxylic acids is 1. The highest BCUT2D eigenvalue weighted by molar-refractivity contribution is 9.10. The molecule has 5 heteroatoms. The number of carbonyl (C=O) groups is 1. The fourth-order valence-electron chi connectivity index (χ4n) is 2.19. The molecule has 0 aliphatic heterocycles. The molecule has 0 bridgehead atoms. The maximum atomic E-state index is 12.5. The molecule has 108 valence electrons. The summed E-state index contributed by atoms with van der Waals surface area (Å²) in [6, 6.07) is 7.41. The van der Waals surface area contributed by atoms with Gasteiger partial charge in [-0.3, -0.25) is 4.79 Å².